The zero-order chi connectivity index (χ0) is 39.0. The molecule has 0 fully saturated rings. The minimum atomic E-state index is -4.34. The second kappa shape index (κ2) is 15.4. The van der Waals surface area contributed by atoms with E-state index in [0.717, 1.165) is 64.8 Å². The number of rotatable bonds is 6. The molecule has 0 radical (unpaired) electrons. The lowest BCUT2D eigenvalue weighted by atomic mass is 9.90. The van der Waals surface area contributed by atoms with Crippen LogP contribution < -0.4 is 10.6 Å². The van der Waals surface area contributed by atoms with Crippen LogP contribution in [0.25, 0.3) is 21.8 Å². The minimum absolute atomic E-state index is 0.366. The van der Waals surface area contributed by atoms with Gasteiger partial charge in [0.15, 0.2) is 23.3 Å². The molecule has 0 aliphatic heterocycles. The maximum atomic E-state index is 14.0. The summed E-state index contributed by atoms with van der Waals surface area (Å²) in [5.74, 6) is -9.93. The summed E-state index contributed by atoms with van der Waals surface area (Å²) in [5, 5.41) is 28.6. The Morgan fingerprint density at radius 1 is 0.582 bits per heavy atom. The monoisotopic (exact) mass is 766 g/mol. The summed E-state index contributed by atoms with van der Waals surface area (Å²) in [6, 6.07) is 19.8. The van der Waals surface area contributed by atoms with E-state index in [1.807, 2.05) is 24.3 Å². The molecule has 2 heterocycles. The highest BCUT2D eigenvalue weighted by Gasteiger charge is 2.31. The average molecular weight is 767 g/mol. The van der Waals surface area contributed by atoms with Gasteiger partial charge >= 0.3 is 6.18 Å². The zero-order valence-electron chi connectivity index (χ0n) is 29.1. The number of hydrogen-bond donors (Lipinski definition) is 4. The van der Waals surface area contributed by atoms with Gasteiger partial charge in [-0.15, -0.1) is 0 Å². The van der Waals surface area contributed by atoms with Crippen molar-refractivity contribution in [2.75, 3.05) is 10.6 Å². The number of aliphatic hydroxyl groups excluding tert-OH is 2. The lowest BCUT2D eigenvalue weighted by Crippen LogP contribution is -2.17. The fourth-order valence-corrected chi connectivity index (χ4v) is 7.23. The van der Waals surface area contributed by atoms with Gasteiger partial charge in [0, 0.05) is 51.9 Å². The molecular weight excluding hydrogens is 732 g/mol. The molecule has 6 nitrogen and oxygen atoms in total. The van der Waals surface area contributed by atoms with Gasteiger partial charge in [-0.3, -0.25) is 9.97 Å². The molecule has 6 aromatic rings. The molecule has 14 heteroatoms. The molecule has 4 N–H and O–H groups in total. The summed E-state index contributed by atoms with van der Waals surface area (Å²) in [6.45, 7) is -0.274. The van der Waals surface area contributed by atoms with Crippen molar-refractivity contribution >= 4 is 33.2 Å². The molecule has 2 aliphatic carbocycles. The second-order valence-corrected chi connectivity index (χ2v) is 13.5. The Hall–Kier alpha value is -5.34. The Labute approximate surface area is 309 Å². The summed E-state index contributed by atoms with van der Waals surface area (Å²) in [7, 11) is 0. The van der Waals surface area contributed by atoms with Crippen LogP contribution >= 0.6 is 0 Å². The molecule has 2 aliphatic rings. The predicted octanol–water partition coefficient (Wildman–Crippen LogP) is 10.1. The van der Waals surface area contributed by atoms with Crippen molar-refractivity contribution in [1.29, 1.82) is 0 Å². The van der Waals surface area contributed by atoms with E-state index in [1.54, 1.807) is 24.3 Å². The normalized spacial score (nSPS) is 16.6. The first-order valence-electron chi connectivity index (χ1n) is 17.7. The largest absolute Gasteiger partial charge is 0.416 e. The number of halogens is 8. The number of pyridine rings is 2. The topological polar surface area (TPSA) is 90.3 Å². The highest BCUT2D eigenvalue weighted by atomic mass is 19.4. The van der Waals surface area contributed by atoms with Gasteiger partial charge in [0.05, 0.1) is 40.2 Å². The van der Waals surface area contributed by atoms with Crippen LogP contribution in [0.5, 0.6) is 0 Å². The van der Waals surface area contributed by atoms with Gasteiger partial charge in [0.1, 0.15) is 0 Å². The van der Waals surface area contributed by atoms with Crippen molar-refractivity contribution < 1.29 is 45.3 Å². The number of fused-ring (bicyclic) bond motifs is 4. The summed E-state index contributed by atoms with van der Waals surface area (Å²) in [6.07, 6.45) is -1.53. The predicted molar refractivity (Wildman–Crippen MR) is 192 cm³/mol. The molecule has 0 amide bonds. The van der Waals surface area contributed by atoms with Gasteiger partial charge in [-0.2, -0.15) is 13.2 Å². The Balaban J connectivity index is 0.000000169. The van der Waals surface area contributed by atoms with Gasteiger partial charge in [-0.1, -0.05) is 48.5 Å². The molecule has 2 unspecified atom stereocenters. The van der Waals surface area contributed by atoms with Gasteiger partial charge in [-0.25, -0.2) is 22.0 Å². The first-order chi connectivity index (χ1) is 26.3. The number of alkyl halides is 3. The number of anilines is 2. The Bertz CT molecular complexity index is 2360. The van der Waals surface area contributed by atoms with E-state index in [9.17, 15) is 45.3 Å². The van der Waals surface area contributed by atoms with E-state index in [-0.39, 0.29) is 0 Å². The Morgan fingerprint density at radius 2 is 1.02 bits per heavy atom. The minimum Gasteiger partial charge on any atom is -0.388 e. The number of benzene rings is 4. The number of nitrogens with zero attached hydrogens (tertiary/aromatic N) is 2. The van der Waals surface area contributed by atoms with Gasteiger partial charge < -0.3 is 20.8 Å². The molecule has 8 rings (SSSR count). The van der Waals surface area contributed by atoms with Crippen LogP contribution in [0.3, 0.4) is 0 Å². The molecular formula is C41H34F8N4O2. The fourth-order valence-electron chi connectivity index (χ4n) is 7.23. The fraction of sp³-hybridized carbons (Fsp3) is 0.268. The molecule has 0 saturated heterocycles. The van der Waals surface area contributed by atoms with Crippen LogP contribution in [-0.4, -0.2) is 20.2 Å². The molecule has 2 atom stereocenters. The van der Waals surface area contributed by atoms with Gasteiger partial charge in [0.2, 0.25) is 5.82 Å². The quantitative estimate of drug-likeness (QED) is 0.0767. The number of para-hydroxylation sites is 2. The standard InChI is InChI=1S/C21H19F3N2O.C20H15F5N2O/c22-21(23,24)14-10-8-13(9-11-14)12-25-20-15-4-1-2-5-16(15)26-17-6-3-7-18(27)19(17)20;21-15-10(16(22)18(24)19(25)17(15)23)8-26-20-9-4-1-2-5-11(9)27-12-6-3-7-13(28)14(12)20/h1-2,4-5,8-11,18,27H,3,6-7,12H2,(H,25,26);1-2,4-5,13,28H,3,6-8H2,(H,26,27). The van der Waals surface area contributed by atoms with Crippen molar-refractivity contribution in [2.45, 2.75) is 70.0 Å². The summed E-state index contributed by atoms with van der Waals surface area (Å²) < 4.78 is 106. The average Bonchev–Trinajstić information content (AvgIpc) is 3.18. The van der Waals surface area contributed by atoms with E-state index in [0.29, 0.717) is 53.7 Å². The maximum Gasteiger partial charge on any atom is 0.416 e. The summed E-state index contributed by atoms with van der Waals surface area (Å²) >= 11 is 0. The van der Waals surface area contributed by atoms with E-state index in [4.69, 9.17) is 4.98 Å². The van der Waals surface area contributed by atoms with Crippen molar-refractivity contribution in [3.63, 3.8) is 0 Å². The third kappa shape index (κ3) is 7.52. The second-order valence-electron chi connectivity index (χ2n) is 13.5. The van der Waals surface area contributed by atoms with E-state index < -0.39 is 65.1 Å². The number of nitrogens with one attached hydrogen (secondary N) is 2. The third-order valence-corrected chi connectivity index (χ3v) is 9.96. The van der Waals surface area contributed by atoms with Crippen LogP contribution in [0.4, 0.5) is 46.5 Å². The lowest BCUT2D eigenvalue weighted by molar-refractivity contribution is -0.137. The van der Waals surface area contributed by atoms with Crippen molar-refractivity contribution in [1.82, 2.24) is 9.97 Å². The molecule has 55 heavy (non-hydrogen) atoms. The first-order valence-corrected chi connectivity index (χ1v) is 17.7. The summed E-state index contributed by atoms with van der Waals surface area (Å²) in [5.41, 5.74) is 4.63. The Kier molecular flexibility index (Phi) is 10.6. The highest BCUT2D eigenvalue weighted by Crippen LogP contribution is 2.40. The molecule has 286 valence electrons. The van der Waals surface area contributed by atoms with E-state index in [2.05, 4.69) is 15.6 Å². The Morgan fingerprint density at radius 3 is 1.49 bits per heavy atom. The number of aryl methyl sites for hydroxylation is 2. The van der Waals surface area contributed by atoms with E-state index >= 15 is 0 Å². The molecule has 2 aromatic heterocycles. The third-order valence-electron chi connectivity index (χ3n) is 9.96. The smallest absolute Gasteiger partial charge is 0.388 e. The van der Waals surface area contributed by atoms with Crippen LogP contribution in [-0.2, 0) is 32.1 Å². The van der Waals surface area contributed by atoms with Crippen LogP contribution in [0.2, 0.25) is 0 Å². The van der Waals surface area contributed by atoms with E-state index in [1.165, 1.54) is 12.1 Å². The number of hydrogen-bond acceptors (Lipinski definition) is 6. The van der Waals surface area contributed by atoms with Crippen molar-refractivity contribution in [3.05, 3.63) is 141 Å². The zero-order valence-corrected chi connectivity index (χ0v) is 29.1. The first kappa shape index (κ1) is 38.0. The van der Waals surface area contributed by atoms with Crippen molar-refractivity contribution in [3.8, 4) is 0 Å². The number of aromatic nitrogens is 2. The highest BCUT2D eigenvalue weighted by molar-refractivity contribution is 5.94. The lowest BCUT2D eigenvalue weighted by Gasteiger charge is -2.25. The SMILES string of the molecule is OC1CCCc2nc3ccccc3c(NCc3c(F)c(F)c(F)c(F)c3F)c21.OC1CCCc2nc3ccccc3c(NCc3ccc(C(F)(F)F)cc3)c21. The summed E-state index contributed by atoms with van der Waals surface area (Å²) in [4.78, 5) is 9.23. The van der Waals surface area contributed by atoms with Crippen molar-refractivity contribution in [2.24, 2.45) is 0 Å². The van der Waals surface area contributed by atoms with Crippen LogP contribution in [0.15, 0.2) is 72.8 Å². The number of aliphatic hydroxyl groups is 2. The van der Waals surface area contributed by atoms with Crippen LogP contribution in [0.1, 0.15) is 77.1 Å². The molecule has 0 bridgehead atoms. The molecule has 0 spiro atoms. The molecule has 0 saturated carbocycles. The van der Waals surface area contributed by atoms with Gasteiger partial charge in [0.25, 0.3) is 0 Å². The molecule has 4 aromatic carbocycles. The van der Waals surface area contributed by atoms with Gasteiger partial charge in [-0.05, 0) is 68.4 Å². The van der Waals surface area contributed by atoms with Crippen LogP contribution in [0, 0.1) is 29.1 Å². The maximum absolute atomic E-state index is 14.0.